The fourth-order valence-corrected chi connectivity index (χ4v) is 5.77. The highest BCUT2D eigenvalue weighted by molar-refractivity contribution is 7.91. The summed E-state index contributed by atoms with van der Waals surface area (Å²) >= 11 is 0. The molecule has 2 aromatic rings. The van der Waals surface area contributed by atoms with Crippen LogP contribution in [0.3, 0.4) is 0 Å². The van der Waals surface area contributed by atoms with Gasteiger partial charge in [-0.15, -0.1) is 0 Å². The first kappa shape index (κ1) is 16.1. The Bertz CT molecular complexity index is 911. The van der Waals surface area contributed by atoms with Gasteiger partial charge in [0, 0.05) is 12.2 Å². The van der Waals surface area contributed by atoms with Gasteiger partial charge in [-0.05, 0) is 30.2 Å². The molecule has 0 bridgehead atoms. The topological polar surface area (TPSA) is 57.7 Å². The number of anilines is 1. The Morgan fingerprint density at radius 1 is 0.960 bits per heavy atom. The lowest BCUT2D eigenvalue weighted by molar-refractivity contribution is 0.205. The highest BCUT2D eigenvalue weighted by Gasteiger charge is 2.53. The summed E-state index contributed by atoms with van der Waals surface area (Å²) in [5.74, 6) is 0.0706. The third-order valence-electron chi connectivity index (χ3n) is 5.11. The molecule has 0 spiro atoms. The first-order valence-electron chi connectivity index (χ1n) is 8.36. The number of amides is 2. The Balaban J connectivity index is 1.72. The zero-order valence-corrected chi connectivity index (χ0v) is 14.8. The van der Waals surface area contributed by atoms with E-state index >= 15 is 0 Å². The molecule has 2 amide bonds. The van der Waals surface area contributed by atoms with E-state index in [2.05, 4.69) is 0 Å². The number of hydrogen-bond acceptors (Lipinski definition) is 3. The molecule has 2 atom stereocenters. The maximum Gasteiger partial charge on any atom is 0.325 e. The fraction of sp³-hybridized carbons (Fsp3) is 0.316. The minimum atomic E-state index is -3.14. The Hall–Kier alpha value is -2.34. The lowest BCUT2D eigenvalue weighted by Gasteiger charge is -2.23. The number of benzene rings is 2. The van der Waals surface area contributed by atoms with E-state index in [0.717, 1.165) is 16.8 Å². The number of carbonyl (C=O) groups excluding carboxylic acids is 1. The quantitative estimate of drug-likeness (QED) is 0.795. The molecule has 2 heterocycles. The first-order chi connectivity index (χ1) is 12.0. The second-order valence-corrected chi connectivity index (χ2v) is 8.91. The third-order valence-corrected chi connectivity index (χ3v) is 6.81. The third kappa shape index (κ3) is 2.80. The van der Waals surface area contributed by atoms with Crippen molar-refractivity contribution < 1.29 is 13.2 Å². The van der Waals surface area contributed by atoms with Crippen LogP contribution >= 0.6 is 0 Å². The van der Waals surface area contributed by atoms with Gasteiger partial charge >= 0.3 is 6.03 Å². The van der Waals surface area contributed by atoms with Crippen molar-refractivity contribution in [3.8, 4) is 0 Å². The summed E-state index contributed by atoms with van der Waals surface area (Å²) < 4.78 is 24.5. The molecule has 25 heavy (non-hydrogen) atoms. The van der Waals surface area contributed by atoms with E-state index in [4.69, 9.17) is 0 Å². The van der Waals surface area contributed by atoms with Gasteiger partial charge in [0.15, 0.2) is 9.84 Å². The normalized spacial score (nSPS) is 24.6. The zero-order chi connectivity index (χ0) is 17.6. The Labute approximate surface area is 147 Å². The largest absolute Gasteiger partial charge is 0.325 e. The van der Waals surface area contributed by atoms with Gasteiger partial charge in [0.05, 0.1) is 23.6 Å². The maximum atomic E-state index is 13.1. The molecule has 6 heteroatoms. The fourth-order valence-electron chi connectivity index (χ4n) is 3.82. The van der Waals surface area contributed by atoms with Gasteiger partial charge in [-0.25, -0.2) is 13.2 Å². The van der Waals surface area contributed by atoms with Crippen molar-refractivity contribution in [1.29, 1.82) is 0 Å². The Morgan fingerprint density at radius 3 is 2.32 bits per heavy atom. The van der Waals surface area contributed by atoms with Gasteiger partial charge < -0.3 is 4.90 Å². The molecule has 0 aliphatic carbocycles. The van der Waals surface area contributed by atoms with Crippen LogP contribution in [0.15, 0.2) is 54.6 Å². The van der Waals surface area contributed by atoms with Crippen LogP contribution in [-0.4, -0.2) is 42.9 Å². The summed E-state index contributed by atoms with van der Waals surface area (Å²) in [4.78, 5) is 16.5. The molecule has 2 fully saturated rings. The number of nitrogens with zero attached hydrogens (tertiary/aromatic N) is 2. The minimum Gasteiger partial charge on any atom is -0.314 e. The number of carbonyl (C=O) groups is 1. The average molecular weight is 356 g/mol. The number of aryl methyl sites for hydroxylation is 1. The number of hydrogen-bond donors (Lipinski definition) is 0. The molecular formula is C19H20N2O3S. The summed E-state index contributed by atoms with van der Waals surface area (Å²) in [5, 5.41) is 0. The predicted molar refractivity (Wildman–Crippen MR) is 97.3 cm³/mol. The number of fused-ring (bicyclic) bond motifs is 1. The summed E-state index contributed by atoms with van der Waals surface area (Å²) in [6.45, 7) is 2.44. The van der Waals surface area contributed by atoms with Crippen LogP contribution in [0.25, 0.3) is 0 Å². The monoisotopic (exact) mass is 356 g/mol. The van der Waals surface area contributed by atoms with Gasteiger partial charge in [0.2, 0.25) is 0 Å². The van der Waals surface area contributed by atoms with Gasteiger partial charge in [0.1, 0.15) is 0 Å². The summed E-state index contributed by atoms with van der Waals surface area (Å²) in [6.07, 6.45) is 0. The molecule has 2 aliphatic heterocycles. The van der Waals surface area contributed by atoms with E-state index in [-0.39, 0.29) is 29.6 Å². The number of sulfone groups is 1. The lowest BCUT2D eigenvalue weighted by Crippen LogP contribution is -2.37. The van der Waals surface area contributed by atoms with Crippen molar-refractivity contribution >= 4 is 21.6 Å². The van der Waals surface area contributed by atoms with Crippen LogP contribution in [0.5, 0.6) is 0 Å². The van der Waals surface area contributed by atoms with Crippen molar-refractivity contribution in [2.24, 2.45) is 0 Å². The van der Waals surface area contributed by atoms with Crippen molar-refractivity contribution in [2.45, 2.75) is 25.6 Å². The molecule has 0 radical (unpaired) electrons. The molecule has 130 valence electrons. The van der Waals surface area contributed by atoms with Crippen LogP contribution in [-0.2, 0) is 16.4 Å². The lowest BCUT2D eigenvalue weighted by atomic mass is 10.1. The number of urea groups is 1. The molecular weight excluding hydrogens is 336 g/mol. The van der Waals surface area contributed by atoms with Gasteiger partial charge in [0.25, 0.3) is 0 Å². The van der Waals surface area contributed by atoms with E-state index in [1.807, 2.05) is 61.5 Å². The van der Waals surface area contributed by atoms with Gasteiger partial charge in [-0.3, -0.25) is 4.90 Å². The van der Waals surface area contributed by atoms with E-state index in [9.17, 15) is 13.2 Å². The average Bonchev–Trinajstić information content (AvgIpc) is 3.01. The van der Waals surface area contributed by atoms with Crippen LogP contribution in [0.4, 0.5) is 10.5 Å². The van der Waals surface area contributed by atoms with Crippen molar-refractivity contribution in [3.05, 3.63) is 65.7 Å². The molecule has 0 aromatic heterocycles. The SMILES string of the molecule is Cc1ccccc1CN1C(=O)N(c2ccccc2)[C@H]2CS(=O)(=O)C[C@H]21. The van der Waals surface area contributed by atoms with E-state index in [1.165, 1.54) is 0 Å². The molecule has 0 unspecified atom stereocenters. The van der Waals surface area contributed by atoms with Gasteiger partial charge in [-0.1, -0.05) is 42.5 Å². The molecule has 5 nitrogen and oxygen atoms in total. The van der Waals surface area contributed by atoms with Crippen LogP contribution in [0, 0.1) is 6.92 Å². The van der Waals surface area contributed by atoms with Crippen LogP contribution in [0.2, 0.25) is 0 Å². The van der Waals surface area contributed by atoms with E-state index in [0.29, 0.717) is 6.54 Å². The van der Waals surface area contributed by atoms with Crippen molar-refractivity contribution in [3.63, 3.8) is 0 Å². The van der Waals surface area contributed by atoms with Gasteiger partial charge in [-0.2, -0.15) is 0 Å². The van der Waals surface area contributed by atoms with E-state index in [1.54, 1.807) is 9.80 Å². The zero-order valence-electron chi connectivity index (χ0n) is 14.0. The van der Waals surface area contributed by atoms with Crippen molar-refractivity contribution in [2.75, 3.05) is 16.4 Å². The highest BCUT2D eigenvalue weighted by Crippen LogP contribution is 2.36. The number of rotatable bonds is 3. The predicted octanol–water partition coefficient (Wildman–Crippen LogP) is 2.60. The molecule has 2 aromatic carbocycles. The second kappa shape index (κ2) is 5.88. The minimum absolute atomic E-state index is 0.0303. The molecule has 0 saturated carbocycles. The molecule has 2 saturated heterocycles. The first-order valence-corrected chi connectivity index (χ1v) is 10.2. The van der Waals surface area contributed by atoms with Crippen LogP contribution < -0.4 is 4.90 Å². The summed E-state index contributed by atoms with van der Waals surface area (Å²) in [5.41, 5.74) is 2.91. The second-order valence-electron chi connectivity index (χ2n) is 6.75. The maximum absolute atomic E-state index is 13.1. The number of para-hydroxylation sites is 1. The molecule has 0 N–H and O–H groups in total. The van der Waals surface area contributed by atoms with E-state index < -0.39 is 9.84 Å². The molecule has 2 aliphatic rings. The Morgan fingerprint density at radius 2 is 1.60 bits per heavy atom. The smallest absolute Gasteiger partial charge is 0.314 e. The highest BCUT2D eigenvalue weighted by atomic mass is 32.2. The van der Waals surface area contributed by atoms with Crippen LogP contribution in [0.1, 0.15) is 11.1 Å². The van der Waals surface area contributed by atoms with Crippen molar-refractivity contribution in [1.82, 2.24) is 4.90 Å². The molecule has 4 rings (SSSR count). The summed E-state index contributed by atoms with van der Waals surface area (Å²) in [7, 11) is -3.14. The standard InChI is InChI=1S/C19H20N2O3S/c1-14-7-5-6-8-15(14)11-20-17-12-25(23,24)13-18(17)21(19(20)22)16-9-3-2-4-10-16/h2-10,17-18H,11-13H2,1H3/t17-,18+/m1/s1. The Kier molecular flexibility index (Phi) is 3.80. The summed E-state index contributed by atoms with van der Waals surface area (Å²) in [6, 6.07) is 16.5.